The van der Waals surface area contributed by atoms with E-state index < -0.39 is 9.84 Å². The fourth-order valence-electron chi connectivity index (χ4n) is 2.49. The molecule has 1 saturated heterocycles. The van der Waals surface area contributed by atoms with Gasteiger partial charge in [-0.25, -0.2) is 12.8 Å². The van der Waals surface area contributed by atoms with E-state index in [0.29, 0.717) is 18.9 Å². The number of sulfone groups is 1. The van der Waals surface area contributed by atoms with Gasteiger partial charge in [0.05, 0.1) is 11.5 Å². The number of benzene rings is 1. The Kier molecular flexibility index (Phi) is 5.76. The standard InChI is InChI=1S/C15H22FN3O2S/c1-17-15(19-14-7-9-22(20,21)11-14)18-8-3-5-12-4-2-6-13(16)10-12/h2,4,6,10,14H,3,5,7-9,11H2,1H3,(H2,17,18,19). The maximum absolute atomic E-state index is 13.1. The number of guanidine groups is 1. The molecule has 1 fully saturated rings. The van der Waals surface area contributed by atoms with Gasteiger partial charge in [-0.05, 0) is 37.0 Å². The average Bonchev–Trinajstić information content (AvgIpc) is 2.81. The van der Waals surface area contributed by atoms with Crippen molar-refractivity contribution in [3.63, 3.8) is 0 Å². The predicted octanol–water partition coefficient (Wildman–Crippen LogP) is 1.11. The van der Waals surface area contributed by atoms with Crippen molar-refractivity contribution in [3.8, 4) is 0 Å². The molecule has 1 atom stereocenters. The number of hydrogen-bond acceptors (Lipinski definition) is 3. The van der Waals surface area contributed by atoms with Gasteiger partial charge in [-0.2, -0.15) is 0 Å². The molecule has 2 rings (SSSR count). The van der Waals surface area contributed by atoms with E-state index in [1.807, 2.05) is 6.07 Å². The summed E-state index contributed by atoms with van der Waals surface area (Å²) in [6, 6.07) is 6.51. The molecule has 0 spiro atoms. The van der Waals surface area contributed by atoms with Gasteiger partial charge in [-0.1, -0.05) is 12.1 Å². The van der Waals surface area contributed by atoms with Gasteiger partial charge in [0.2, 0.25) is 0 Å². The van der Waals surface area contributed by atoms with Crippen molar-refractivity contribution in [2.24, 2.45) is 4.99 Å². The van der Waals surface area contributed by atoms with Crippen molar-refractivity contribution in [2.45, 2.75) is 25.3 Å². The predicted molar refractivity (Wildman–Crippen MR) is 86.3 cm³/mol. The summed E-state index contributed by atoms with van der Waals surface area (Å²) in [7, 11) is -1.24. The number of halogens is 1. The Morgan fingerprint density at radius 3 is 2.91 bits per heavy atom. The number of rotatable bonds is 5. The highest BCUT2D eigenvalue weighted by Gasteiger charge is 2.28. The summed E-state index contributed by atoms with van der Waals surface area (Å²) in [4.78, 5) is 4.10. The largest absolute Gasteiger partial charge is 0.356 e. The van der Waals surface area contributed by atoms with Gasteiger partial charge in [0, 0.05) is 19.6 Å². The summed E-state index contributed by atoms with van der Waals surface area (Å²) in [5.74, 6) is 0.796. The molecule has 0 bridgehead atoms. The topological polar surface area (TPSA) is 70.6 Å². The molecule has 0 aliphatic carbocycles. The molecule has 22 heavy (non-hydrogen) atoms. The second-order valence-corrected chi connectivity index (χ2v) is 7.71. The first-order valence-electron chi connectivity index (χ1n) is 7.40. The van der Waals surface area contributed by atoms with E-state index in [4.69, 9.17) is 0 Å². The molecule has 1 heterocycles. The summed E-state index contributed by atoms with van der Waals surface area (Å²) >= 11 is 0. The average molecular weight is 327 g/mol. The lowest BCUT2D eigenvalue weighted by Gasteiger charge is -2.16. The molecule has 7 heteroatoms. The highest BCUT2D eigenvalue weighted by molar-refractivity contribution is 7.91. The number of aryl methyl sites for hydroxylation is 1. The molecule has 0 amide bonds. The van der Waals surface area contributed by atoms with Crippen LogP contribution in [0.1, 0.15) is 18.4 Å². The Morgan fingerprint density at radius 2 is 2.27 bits per heavy atom. The van der Waals surface area contributed by atoms with Crippen LogP contribution in [-0.4, -0.2) is 45.5 Å². The lowest BCUT2D eigenvalue weighted by Crippen LogP contribution is -2.44. The summed E-state index contributed by atoms with van der Waals surface area (Å²) in [6.45, 7) is 0.690. The van der Waals surface area contributed by atoms with Crippen LogP contribution in [0.3, 0.4) is 0 Å². The molecule has 2 N–H and O–H groups in total. The number of nitrogens with one attached hydrogen (secondary N) is 2. The van der Waals surface area contributed by atoms with Gasteiger partial charge in [0.25, 0.3) is 0 Å². The van der Waals surface area contributed by atoms with Gasteiger partial charge in [0.15, 0.2) is 15.8 Å². The SMILES string of the molecule is CN=C(NCCCc1cccc(F)c1)NC1CCS(=O)(=O)C1. The van der Waals surface area contributed by atoms with Gasteiger partial charge in [-0.15, -0.1) is 0 Å². The maximum Gasteiger partial charge on any atom is 0.191 e. The zero-order valence-electron chi connectivity index (χ0n) is 12.7. The number of hydrogen-bond donors (Lipinski definition) is 2. The monoisotopic (exact) mass is 327 g/mol. The normalized spacial score (nSPS) is 20.8. The van der Waals surface area contributed by atoms with Crippen LogP contribution in [0.2, 0.25) is 0 Å². The fraction of sp³-hybridized carbons (Fsp3) is 0.533. The minimum atomic E-state index is -2.90. The zero-order chi connectivity index (χ0) is 16.0. The van der Waals surface area contributed by atoms with E-state index >= 15 is 0 Å². The number of nitrogens with zero attached hydrogens (tertiary/aromatic N) is 1. The summed E-state index contributed by atoms with van der Waals surface area (Å²) in [6.07, 6.45) is 2.24. The Labute approximate surface area is 130 Å². The Morgan fingerprint density at radius 1 is 1.45 bits per heavy atom. The first-order chi connectivity index (χ1) is 10.5. The van der Waals surface area contributed by atoms with E-state index in [1.165, 1.54) is 12.1 Å². The van der Waals surface area contributed by atoms with E-state index in [9.17, 15) is 12.8 Å². The third kappa shape index (κ3) is 5.29. The Bertz CT molecular complexity index is 631. The van der Waals surface area contributed by atoms with E-state index in [1.54, 1.807) is 13.1 Å². The lowest BCUT2D eigenvalue weighted by molar-refractivity contribution is 0.599. The quantitative estimate of drug-likeness (QED) is 0.483. The van der Waals surface area contributed by atoms with Gasteiger partial charge >= 0.3 is 0 Å². The second-order valence-electron chi connectivity index (χ2n) is 5.48. The van der Waals surface area contributed by atoms with Crippen molar-refractivity contribution in [1.29, 1.82) is 0 Å². The molecule has 1 aliphatic rings. The van der Waals surface area contributed by atoms with Crippen molar-refractivity contribution >= 4 is 15.8 Å². The second kappa shape index (κ2) is 7.58. The minimum Gasteiger partial charge on any atom is -0.356 e. The highest BCUT2D eigenvalue weighted by atomic mass is 32.2. The summed E-state index contributed by atoms with van der Waals surface area (Å²) < 4.78 is 35.9. The van der Waals surface area contributed by atoms with Crippen LogP contribution in [-0.2, 0) is 16.3 Å². The molecular formula is C15H22FN3O2S. The van der Waals surface area contributed by atoms with Crippen LogP contribution < -0.4 is 10.6 Å². The third-order valence-electron chi connectivity index (χ3n) is 3.62. The van der Waals surface area contributed by atoms with Crippen molar-refractivity contribution in [1.82, 2.24) is 10.6 Å². The lowest BCUT2D eigenvalue weighted by atomic mass is 10.1. The van der Waals surface area contributed by atoms with Gasteiger partial charge in [-0.3, -0.25) is 4.99 Å². The van der Waals surface area contributed by atoms with Crippen LogP contribution in [0, 0.1) is 5.82 Å². The molecule has 0 aromatic heterocycles. The molecule has 1 aliphatic heterocycles. The maximum atomic E-state index is 13.1. The van der Waals surface area contributed by atoms with Crippen LogP contribution in [0.25, 0.3) is 0 Å². The van der Waals surface area contributed by atoms with Crippen molar-refractivity contribution in [3.05, 3.63) is 35.6 Å². The molecule has 1 aromatic rings. The highest BCUT2D eigenvalue weighted by Crippen LogP contribution is 2.11. The smallest absolute Gasteiger partial charge is 0.191 e. The number of aliphatic imine (C=N–C) groups is 1. The van der Waals surface area contributed by atoms with Crippen LogP contribution in [0.5, 0.6) is 0 Å². The molecular weight excluding hydrogens is 305 g/mol. The van der Waals surface area contributed by atoms with Crippen LogP contribution in [0.15, 0.2) is 29.3 Å². The van der Waals surface area contributed by atoms with Crippen LogP contribution >= 0.6 is 0 Å². The van der Waals surface area contributed by atoms with Gasteiger partial charge < -0.3 is 10.6 Å². The summed E-state index contributed by atoms with van der Waals surface area (Å²) in [5, 5.41) is 6.29. The van der Waals surface area contributed by atoms with E-state index in [2.05, 4.69) is 15.6 Å². The summed E-state index contributed by atoms with van der Waals surface area (Å²) in [5.41, 5.74) is 0.964. The van der Waals surface area contributed by atoms with Crippen LogP contribution in [0.4, 0.5) is 4.39 Å². The van der Waals surface area contributed by atoms with Gasteiger partial charge in [0.1, 0.15) is 5.82 Å². The van der Waals surface area contributed by atoms with E-state index in [-0.39, 0.29) is 23.4 Å². The van der Waals surface area contributed by atoms with Crippen molar-refractivity contribution in [2.75, 3.05) is 25.1 Å². The Balaban J connectivity index is 1.71. The molecule has 5 nitrogen and oxygen atoms in total. The fourth-order valence-corrected chi connectivity index (χ4v) is 4.16. The first-order valence-corrected chi connectivity index (χ1v) is 9.23. The molecule has 122 valence electrons. The first kappa shape index (κ1) is 16.7. The van der Waals surface area contributed by atoms with Crippen molar-refractivity contribution < 1.29 is 12.8 Å². The minimum absolute atomic E-state index is 0.0700. The zero-order valence-corrected chi connectivity index (χ0v) is 13.5. The molecule has 0 radical (unpaired) electrons. The third-order valence-corrected chi connectivity index (χ3v) is 5.39. The molecule has 1 unspecified atom stereocenters. The Hall–Kier alpha value is -1.63. The molecule has 1 aromatic carbocycles. The van der Waals surface area contributed by atoms with E-state index in [0.717, 1.165) is 18.4 Å². The molecule has 0 saturated carbocycles.